The molecule has 0 spiro atoms. The zero-order valence-electron chi connectivity index (χ0n) is 33.7. The number of hydrogen-bond donors (Lipinski definition) is 0. The molecular weight excluding hydrogens is 753 g/mol. The van der Waals surface area contributed by atoms with Crippen LogP contribution in [0.15, 0.2) is 229 Å². The van der Waals surface area contributed by atoms with E-state index in [1.807, 2.05) is 0 Å². The first-order valence-corrected chi connectivity index (χ1v) is 21.3. The molecule has 1 aliphatic heterocycles. The third-order valence-corrected chi connectivity index (χ3v) is 12.9. The number of aliphatic imine (C=N–C) groups is 1. The quantitative estimate of drug-likeness (QED) is 0.165. The lowest BCUT2D eigenvalue weighted by Crippen LogP contribution is -2.43. The summed E-state index contributed by atoms with van der Waals surface area (Å²) >= 11 is 0. The van der Waals surface area contributed by atoms with E-state index >= 15 is 0 Å². The van der Waals surface area contributed by atoms with E-state index < -0.39 is 0 Å². The van der Waals surface area contributed by atoms with Crippen LogP contribution >= 0.6 is 0 Å². The van der Waals surface area contributed by atoms with E-state index in [0.717, 1.165) is 22.8 Å². The van der Waals surface area contributed by atoms with Crippen molar-refractivity contribution in [3.8, 4) is 22.5 Å². The largest absolute Gasteiger partial charge is 0.309 e. The molecule has 0 N–H and O–H groups in total. The molecular formula is C58H38N4. The van der Waals surface area contributed by atoms with Gasteiger partial charge in [-0.15, -0.1) is 0 Å². The lowest BCUT2D eigenvalue weighted by Gasteiger charge is -2.41. The monoisotopic (exact) mass is 790 g/mol. The van der Waals surface area contributed by atoms with Gasteiger partial charge in [0.1, 0.15) is 5.84 Å². The van der Waals surface area contributed by atoms with E-state index in [-0.39, 0.29) is 6.17 Å². The first-order chi connectivity index (χ1) is 30.8. The van der Waals surface area contributed by atoms with Gasteiger partial charge in [0, 0.05) is 49.1 Å². The van der Waals surface area contributed by atoms with Crippen LogP contribution in [0.4, 0.5) is 5.69 Å². The van der Waals surface area contributed by atoms with Crippen molar-refractivity contribution in [1.29, 1.82) is 0 Å². The summed E-state index contributed by atoms with van der Waals surface area (Å²) in [6.45, 7) is 0. The maximum Gasteiger partial charge on any atom is 0.155 e. The number of anilines is 1. The topological polar surface area (TPSA) is 25.5 Å². The van der Waals surface area contributed by atoms with Crippen molar-refractivity contribution in [2.24, 2.45) is 4.99 Å². The molecule has 62 heavy (non-hydrogen) atoms. The second kappa shape index (κ2) is 13.7. The summed E-state index contributed by atoms with van der Waals surface area (Å²) < 4.78 is 5.01. The van der Waals surface area contributed by atoms with Crippen LogP contribution in [0, 0.1) is 0 Å². The lowest BCUT2D eigenvalue weighted by molar-refractivity contribution is 0.695. The Morgan fingerprint density at radius 2 is 0.903 bits per heavy atom. The standard InChI is InChI=1S/C58H38N4/c1-3-18-38(19-4-1)39-21-17-22-41(36-39)57-59-58(60(57)42-23-5-2-6-24-42)48-34-35-53(45-27-10-9-26-44(45)48)61-52-33-16-13-30-49(52)55-54(61)37-40-20-7-8-25-43(40)56(55)62-50-31-14-11-28-46(50)47-29-12-15-32-51(47)62/h1-37,58H. The molecule has 0 saturated heterocycles. The number of hydrogen-bond acceptors (Lipinski definition) is 2. The highest BCUT2D eigenvalue weighted by molar-refractivity contribution is 6.23. The number of nitrogens with zero attached hydrogens (tertiary/aromatic N) is 4. The molecule has 1 atom stereocenters. The Morgan fingerprint density at radius 1 is 0.355 bits per heavy atom. The fraction of sp³-hybridized carbons (Fsp3) is 0.0172. The average molecular weight is 791 g/mol. The Balaban J connectivity index is 1.05. The van der Waals surface area contributed by atoms with Gasteiger partial charge in [0.15, 0.2) is 6.17 Å². The number of para-hydroxylation sites is 4. The van der Waals surface area contributed by atoms with Gasteiger partial charge in [0.05, 0.1) is 33.4 Å². The van der Waals surface area contributed by atoms with Crippen LogP contribution in [-0.4, -0.2) is 15.0 Å². The first-order valence-electron chi connectivity index (χ1n) is 21.3. The van der Waals surface area contributed by atoms with E-state index in [1.54, 1.807) is 0 Å². The van der Waals surface area contributed by atoms with Crippen LogP contribution in [0.2, 0.25) is 0 Å². The second-order valence-electron chi connectivity index (χ2n) is 16.3. The van der Waals surface area contributed by atoms with Gasteiger partial charge in [-0.05, 0) is 70.4 Å². The average Bonchev–Trinajstić information content (AvgIpc) is 3.84. The molecule has 0 bridgehead atoms. The van der Waals surface area contributed by atoms with E-state index in [2.05, 4.69) is 238 Å². The predicted molar refractivity (Wildman–Crippen MR) is 260 cm³/mol. The molecule has 2 aromatic heterocycles. The number of benzene rings is 10. The maximum absolute atomic E-state index is 5.45. The van der Waals surface area contributed by atoms with Gasteiger partial charge >= 0.3 is 0 Å². The Hall–Kier alpha value is -8.21. The minimum absolute atomic E-state index is 0.198. The molecule has 10 aromatic carbocycles. The molecule has 4 nitrogen and oxygen atoms in total. The van der Waals surface area contributed by atoms with Crippen LogP contribution < -0.4 is 4.90 Å². The highest BCUT2D eigenvalue weighted by atomic mass is 15.4. The van der Waals surface area contributed by atoms with Crippen molar-refractivity contribution < 1.29 is 0 Å². The molecule has 290 valence electrons. The summed E-state index contributed by atoms with van der Waals surface area (Å²) in [4.78, 5) is 7.85. The first kappa shape index (κ1) is 34.6. The van der Waals surface area contributed by atoms with Crippen molar-refractivity contribution in [2.45, 2.75) is 6.17 Å². The van der Waals surface area contributed by atoms with Crippen molar-refractivity contribution in [2.75, 3.05) is 4.90 Å². The normalized spacial score (nSPS) is 14.0. The fourth-order valence-electron chi connectivity index (χ4n) is 10.2. The maximum atomic E-state index is 5.45. The van der Waals surface area contributed by atoms with E-state index in [4.69, 9.17) is 4.99 Å². The zero-order valence-corrected chi connectivity index (χ0v) is 33.7. The molecule has 1 unspecified atom stereocenters. The third kappa shape index (κ3) is 5.10. The van der Waals surface area contributed by atoms with Gasteiger partial charge in [0.25, 0.3) is 0 Å². The Kier molecular flexibility index (Phi) is 7.63. The summed E-state index contributed by atoms with van der Waals surface area (Å²) in [6.07, 6.45) is -0.198. The molecule has 0 saturated carbocycles. The highest BCUT2D eigenvalue weighted by Gasteiger charge is 2.36. The van der Waals surface area contributed by atoms with E-state index in [9.17, 15) is 0 Å². The molecule has 0 amide bonds. The number of amidine groups is 1. The van der Waals surface area contributed by atoms with Crippen molar-refractivity contribution in [3.05, 3.63) is 236 Å². The van der Waals surface area contributed by atoms with Gasteiger partial charge in [-0.3, -0.25) is 4.90 Å². The van der Waals surface area contributed by atoms with Crippen LogP contribution in [0.3, 0.4) is 0 Å². The predicted octanol–water partition coefficient (Wildman–Crippen LogP) is 14.8. The van der Waals surface area contributed by atoms with Crippen molar-refractivity contribution in [1.82, 2.24) is 9.13 Å². The minimum atomic E-state index is -0.198. The summed E-state index contributed by atoms with van der Waals surface area (Å²) in [5, 5.41) is 9.76. The number of rotatable bonds is 6. The van der Waals surface area contributed by atoms with Gasteiger partial charge in [-0.25, -0.2) is 4.99 Å². The molecule has 0 radical (unpaired) electrons. The van der Waals surface area contributed by atoms with E-state index in [0.29, 0.717) is 0 Å². The molecule has 12 aromatic rings. The third-order valence-electron chi connectivity index (χ3n) is 12.9. The number of aromatic nitrogens is 2. The molecule has 3 heterocycles. The molecule has 1 aliphatic rings. The summed E-state index contributed by atoms with van der Waals surface area (Å²) in [5.41, 5.74) is 12.9. The molecule has 13 rings (SSSR count). The SMILES string of the molecule is c1ccc(-c2cccc(C3=NC(c4ccc(-n5c6ccccc6c6c(-n7c8ccccc8c8ccccc87)c7ccccc7cc65)c5ccccc45)N3c3ccccc3)c2)cc1. The van der Waals surface area contributed by atoms with Crippen LogP contribution in [0.5, 0.6) is 0 Å². The van der Waals surface area contributed by atoms with Gasteiger partial charge in [-0.2, -0.15) is 0 Å². The molecule has 4 heteroatoms. The summed E-state index contributed by atoms with van der Waals surface area (Å²) in [5.74, 6) is 0.971. The highest BCUT2D eigenvalue weighted by Crippen LogP contribution is 2.46. The van der Waals surface area contributed by atoms with Crippen LogP contribution in [0.25, 0.3) is 87.7 Å². The van der Waals surface area contributed by atoms with E-state index in [1.165, 1.54) is 87.5 Å². The lowest BCUT2D eigenvalue weighted by atomic mass is 9.96. The summed E-state index contributed by atoms with van der Waals surface area (Å²) in [6, 6.07) is 81.4. The Labute approximate surface area is 358 Å². The zero-order chi connectivity index (χ0) is 40.7. The molecule has 0 fully saturated rings. The van der Waals surface area contributed by atoms with Gasteiger partial charge in [0.2, 0.25) is 0 Å². The second-order valence-corrected chi connectivity index (χ2v) is 16.3. The van der Waals surface area contributed by atoms with Gasteiger partial charge in [-0.1, -0.05) is 176 Å². The summed E-state index contributed by atoms with van der Waals surface area (Å²) in [7, 11) is 0. The smallest absolute Gasteiger partial charge is 0.155 e. The van der Waals surface area contributed by atoms with Crippen molar-refractivity contribution >= 4 is 76.7 Å². The Bertz CT molecular complexity index is 3710. The Morgan fingerprint density at radius 3 is 1.63 bits per heavy atom. The van der Waals surface area contributed by atoms with Gasteiger partial charge < -0.3 is 9.13 Å². The van der Waals surface area contributed by atoms with Crippen LogP contribution in [0.1, 0.15) is 17.3 Å². The minimum Gasteiger partial charge on any atom is -0.309 e. The fourth-order valence-corrected chi connectivity index (χ4v) is 10.2. The van der Waals surface area contributed by atoms with Crippen LogP contribution in [-0.2, 0) is 0 Å². The number of fused-ring (bicyclic) bond motifs is 8. The molecule has 0 aliphatic carbocycles. The van der Waals surface area contributed by atoms with Crippen molar-refractivity contribution in [3.63, 3.8) is 0 Å².